The fourth-order valence-corrected chi connectivity index (χ4v) is 4.31. The number of thiazole rings is 1. The van der Waals surface area contributed by atoms with Gasteiger partial charge in [0, 0.05) is 19.0 Å². The van der Waals surface area contributed by atoms with Crippen molar-refractivity contribution in [3.8, 4) is 0 Å². The lowest BCUT2D eigenvalue weighted by molar-refractivity contribution is 0.0941. The zero-order valence-corrected chi connectivity index (χ0v) is 13.7. The minimum Gasteiger partial charge on any atom is -0.349 e. The van der Waals surface area contributed by atoms with Crippen LogP contribution in [-0.4, -0.2) is 41.5 Å². The number of aryl methyl sites for hydroxylation is 1. The van der Waals surface area contributed by atoms with Gasteiger partial charge in [0.15, 0.2) is 0 Å². The van der Waals surface area contributed by atoms with Crippen molar-refractivity contribution in [3.05, 3.63) is 15.6 Å². The van der Waals surface area contributed by atoms with Gasteiger partial charge >= 0.3 is 0 Å². The second-order valence-electron chi connectivity index (χ2n) is 6.28. The van der Waals surface area contributed by atoms with E-state index in [1.807, 2.05) is 6.92 Å². The first-order valence-electron chi connectivity index (χ1n) is 8.22. The highest BCUT2D eigenvalue weighted by atomic mass is 32.1. The van der Waals surface area contributed by atoms with Crippen molar-refractivity contribution in [2.45, 2.75) is 57.9 Å². The van der Waals surface area contributed by atoms with Crippen molar-refractivity contribution in [2.75, 3.05) is 19.6 Å². The molecule has 116 valence electrons. The molecule has 0 atom stereocenters. The van der Waals surface area contributed by atoms with Crippen LogP contribution < -0.4 is 5.32 Å². The van der Waals surface area contributed by atoms with Gasteiger partial charge in [-0.05, 0) is 45.7 Å². The summed E-state index contributed by atoms with van der Waals surface area (Å²) in [4.78, 5) is 20.3. The van der Waals surface area contributed by atoms with Gasteiger partial charge < -0.3 is 10.2 Å². The molecule has 0 unspecified atom stereocenters. The van der Waals surface area contributed by atoms with E-state index in [1.54, 1.807) is 11.3 Å². The summed E-state index contributed by atoms with van der Waals surface area (Å²) in [5.74, 6) is 0.0873. The minimum absolute atomic E-state index is 0.0873. The second-order valence-corrected chi connectivity index (χ2v) is 7.36. The van der Waals surface area contributed by atoms with Gasteiger partial charge in [0.05, 0.1) is 10.7 Å². The van der Waals surface area contributed by atoms with Gasteiger partial charge in [0.2, 0.25) is 0 Å². The van der Waals surface area contributed by atoms with Crippen LogP contribution in [0.5, 0.6) is 0 Å². The molecule has 2 fully saturated rings. The maximum absolute atomic E-state index is 12.3. The quantitative estimate of drug-likeness (QED) is 0.910. The second kappa shape index (κ2) is 6.88. The van der Waals surface area contributed by atoms with Gasteiger partial charge in [-0.25, -0.2) is 4.98 Å². The average Bonchev–Trinajstić information content (AvgIpc) is 3.17. The van der Waals surface area contributed by atoms with Gasteiger partial charge in [-0.1, -0.05) is 12.8 Å². The molecule has 1 saturated heterocycles. The minimum atomic E-state index is 0.0873. The summed E-state index contributed by atoms with van der Waals surface area (Å²) in [5.41, 5.74) is 0.895. The molecule has 21 heavy (non-hydrogen) atoms. The number of carbonyl (C=O) groups excluding carboxylic acids is 1. The summed E-state index contributed by atoms with van der Waals surface area (Å²) < 4.78 is 0. The first-order valence-corrected chi connectivity index (χ1v) is 9.03. The van der Waals surface area contributed by atoms with E-state index in [2.05, 4.69) is 15.2 Å². The molecule has 4 nitrogen and oxygen atoms in total. The van der Waals surface area contributed by atoms with Crippen LogP contribution in [0.15, 0.2) is 0 Å². The highest BCUT2D eigenvalue weighted by Gasteiger charge is 2.21. The average molecular weight is 307 g/mol. The van der Waals surface area contributed by atoms with Gasteiger partial charge in [-0.3, -0.25) is 4.79 Å². The van der Waals surface area contributed by atoms with Gasteiger partial charge in [-0.15, -0.1) is 11.3 Å². The molecule has 3 rings (SSSR count). The third-order valence-electron chi connectivity index (χ3n) is 4.58. The van der Waals surface area contributed by atoms with E-state index >= 15 is 0 Å². The van der Waals surface area contributed by atoms with Crippen LogP contribution in [-0.2, 0) is 6.42 Å². The number of hydrogen-bond acceptors (Lipinski definition) is 4. The van der Waals surface area contributed by atoms with Crippen LogP contribution in [0.1, 0.15) is 58.9 Å². The number of nitrogens with zero attached hydrogens (tertiary/aromatic N) is 2. The molecule has 1 aromatic rings. The summed E-state index contributed by atoms with van der Waals surface area (Å²) in [6.07, 6.45) is 8.37. The third kappa shape index (κ3) is 3.83. The number of aromatic nitrogens is 1. The maximum Gasteiger partial charge on any atom is 0.263 e. The molecular weight excluding hydrogens is 282 g/mol. The van der Waals surface area contributed by atoms with Gasteiger partial charge in [-0.2, -0.15) is 0 Å². The van der Waals surface area contributed by atoms with Gasteiger partial charge in [0.25, 0.3) is 5.91 Å². The van der Waals surface area contributed by atoms with E-state index in [-0.39, 0.29) is 5.91 Å². The predicted molar refractivity (Wildman–Crippen MR) is 86.0 cm³/mol. The van der Waals surface area contributed by atoms with Crippen molar-refractivity contribution < 1.29 is 4.79 Å². The van der Waals surface area contributed by atoms with Crippen LogP contribution in [0.4, 0.5) is 0 Å². The Morgan fingerprint density at radius 3 is 2.71 bits per heavy atom. The standard InChI is InChI=1S/C16H25N3OS/c1-12-15(16(20)18-13-6-2-3-7-13)21-14(17-12)8-11-19-9-4-5-10-19/h13H,2-11H2,1H3,(H,18,20). The lowest BCUT2D eigenvalue weighted by Crippen LogP contribution is -2.32. The SMILES string of the molecule is Cc1nc(CCN2CCCC2)sc1C(=O)NC1CCCC1. The zero-order chi connectivity index (χ0) is 14.7. The topological polar surface area (TPSA) is 45.2 Å². The Bertz CT molecular complexity index is 488. The Hall–Kier alpha value is -0.940. The Morgan fingerprint density at radius 2 is 2.00 bits per heavy atom. The van der Waals surface area contributed by atoms with Gasteiger partial charge in [0.1, 0.15) is 4.88 Å². The number of nitrogens with one attached hydrogen (secondary N) is 1. The molecule has 1 amide bonds. The van der Waals surface area contributed by atoms with Crippen LogP contribution in [0, 0.1) is 6.92 Å². The zero-order valence-electron chi connectivity index (χ0n) is 12.9. The van der Waals surface area contributed by atoms with Crippen LogP contribution in [0.25, 0.3) is 0 Å². The Labute approximate surface area is 130 Å². The fraction of sp³-hybridized carbons (Fsp3) is 0.750. The fourth-order valence-electron chi connectivity index (χ4n) is 3.35. The molecule has 5 heteroatoms. The lowest BCUT2D eigenvalue weighted by Gasteiger charge is -2.12. The molecule has 1 saturated carbocycles. The normalized spacial score (nSPS) is 20.2. The predicted octanol–water partition coefficient (Wildman–Crippen LogP) is 2.76. The highest BCUT2D eigenvalue weighted by molar-refractivity contribution is 7.13. The molecule has 0 aromatic carbocycles. The molecule has 0 radical (unpaired) electrons. The number of hydrogen-bond donors (Lipinski definition) is 1. The van der Waals surface area contributed by atoms with E-state index in [0.717, 1.165) is 41.4 Å². The van der Waals surface area contributed by atoms with E-state index in [9.17, 15) is 4.79 Å². The van der Waals surface area contributed by atoms with E-state index < -0.39 is 0 Å². The molecule has 1 aliphatic heterocycles. The summed E-state index contributed by atoms with van der Waals surface area (Å²) in [6, 6.07) is 0.382. The maximum atomic E-state index is 12.3. The van der Waals surface area contributed by atoms with Crippen molar-refractivity contribution in [3.63, 3.8) is 0 Å². The van der Waals surface area contributed by atoms with Crippen LogP contribution in [0.2, 0.25) is 0 Å². The first kappa shape index (κ1) is 15.0. The van der Waals surface area contributed by atoms with E-state index in [4.69, 9.17) is 0 Å². The summed E-state index contributed by atoms with van der Waals surface area (Å²) >= 11 is 1.58. The molecular formula is C16H25N3OS. The molecule has 2 aliphatic rings. The smallest absolute Gasteiger partial charge is 0.263 e. The number of rotatable bonds is 5. The number of amides is 1. The van der Waals surface area contributed by atoms with E-state index in [0.29, 0.717) is 6.04 Å². The summed E-state index contributed by atoms with van der Waals surface area (Å²) in [7, 11) is 0. The molecule has 0 spiro atoms. The summed E-state index contributed by atoms with van der Waals surface area (Å²) in [5, 5.41) is 4.27. The lowest BCUT2D eigenvalue weighted by atomic mass is 10.2. The van der Waals surface area contributed by atoms with Crippen molar-refractivity contribution in [2.24, 2.45) is 0 Å². The molecule has 1 aromatic heterocycles. The third-order valence-corrected chi connectivity index (χ3v) is 5.79. The molecule has 1 N–H and O–H groups in total. The van der Waals surface area contributed by atoms with Crippen LogP contribution >= 0.6 is 11.3 Å². The Balaban J connectivity index is 1.56. The van der Waals surface area contributed by atoms with Crippen molar-refractivity contribution in [1.29, 1.82) is 0 Å². The molecule has 0 bridgehead atoms. The largest absolute Gasteiger partial charge is 0.349 e. The van der Waals surface area contributed by atoms with Crippen molar-refractivity contribution >= 4 is 17.2 Å². The van der Waals surface area contributed by atoms with Crippen LogP contribution in [0.3, 0.4) is 0 Å². The monoisotopic (exact) mass is 307 g/mol. The Morgan fingerprint density at radius 1 is 1.29 bits per heavy atom. The van der Waals surface area contributed by atoms with Crippen molar-refractivity contribution in [1.82, 2.24) is 15.2 Å². The first-order chi connectivity index (χ1) is 10.2. The summed E-state index contributed by atoms with van der Waals surface area (Å²) in [6.45, 7) is 5.48. The Kier molecular flexibility index (Phi) is 4.91. The van der Waals surface area contributed by atoms with E-state index in [1.165, 1.54) is 38.8 Å². The number of likely N-dealkylation sites (tertiary alicyclic amines) is 1. The highest BCUT2D eigenvalue weighted by Crippen LogP contribution is 2.22. The molecule has 2 heterocycles. The number of carbonyl (C=O) groups is 1. The molecule has 1 aliphatic carbocycles.